The first-order valence-electron chi connectivity index (χ1n) is 9.24. The second-order valence-corrected chi connectivity index (χ2v) is 8.89. The monoisotopic (exact) mass is 326 g/mol. The highest BCUT2D eigenvalue weighted by Gasteiger charge is 2.61. The average Bonchev–Trinajstić information content (AvgIpc) is 2.84. The molecule has 0 heterocycles. The Morgan fingerprint density at radius 3 is 2.67 bits per heavy atom. The largest absolute Gasteiger partial charge is 0.300 e. The third-order valence-electron chi connectivity index (χ3n) is 7.70. The van der Waals surface area contributed by atoms with Crippen LogP contribution in [0.4, 0.5) is 0 Å². The summed E-state index contributed by atoms with van der Waals surface area (Å²) in [6.07, 6.45) is 9.82. The quantitative estimate of drug-likeness (QED) is 0.738. The van der Waals surface area contributed by atoms with Crippen molar-refractivity contribution in [1.82, 2.24) is 0 Å². The lowest BCUT2D eigenvalue weighted by atomic mass is 9.48. The highest BCUT2D eigenvalue weighted by molar-refractivity contribution is 5.94. The predicted octanol–water partition coefficient (Wildman–Crippen LogP) is 3.68. The SMILES string of the molecule is CC(=O)[C@H]1CC[C@H]2[C@@H]3C=CC4=CC(=O)CC[C@]4(C)[C@H]3C(=O)C[C@]12C. The molecule has 0 aromatic heterocycles. The number of Topliss-reactive ketones (excluding diaryl/α,β-unsaturated/α-hetero) is 2. The Balaban J connectivity index is 1.79. The van der Waals surface area contributed by atoms with Gasteiger partial charge in [-0.15, -0.1) is 0 Å². The van der Waals surface area contributed by atoms with Crippen LogP contribution in [0.3, 0.4) is 0 Å². The minimum atomic E-state index is -0.208. The Kier molecular flexibility index (Phi) is 3.33. The molecular formula is C21H26O3. The zero-order valence-corrected chi connectivity index (χ0v) is 14.8. The van der Waals surface area contributed by atoms with Crippen molar-refractivity contribution in [1.29, 1.82) is 0 Å². The van der Waals surface area contributed by atoms with Gasteiger partial charge in [-0.1, -0.05) is 26.0 Å². The molecule has 4 aliphatic rings. The van der Waals surface area contributed by atoms with Crippen molar-refractivity contribution in [3.63, 3.8) is 0 Å². The molecule has 4 aliphatic carbocycles. The van der Waals surface area contributed by atoms with Crippen LogP contribution in [0.25, 0.3) is 0 Å². The third kappa shape index (κ3) is 1.93. The number of rotatable bonds is 1. The van der Waals surface area contributed by atoms with E-state index in [-0.39, 0.29) is 40.2 Å². The lowest BCUT2D eigenvalue weighted by Crippen LogP contribution is -2.54. The smallest absolute Gasteiger partial charge is 0.156 e. The first-order valence-corrected chi connectivity index (χ1v) is 9.24. The summed E-state index contributed by atoms with van der Waals surface area (Å²) in [6.45, 7) is 6.02. The van der Waals surface area contributed by atoms with Crippen LogP contribution in [-0.4, -0.2) is 17.3 Å². The molecule has 0 radical (unpaired) electrons. The highest BCUT2D eigenvalue weighted by Crippen LogP contribution is 2.64. The van der Waals surface area contributed by atoms with Gasteiger partial charge < -0.3 is 0 Å². The summed E-state index contributed by atoms with van der Waals surface area (Å²) in [5.74, 6) is 1.35. The second-order valence-electron chi connectivity index (χ2n) is 8.89. The first-order chi connectivity index (χ1) is 11.3. The van der Waals surface area contributed by atoms with Crippen molar-refractivity contribution >= 4 is 17.3 Å². The van der Waals surface area contributed by atoms with Crippen LogP contribution in [0.1, 0.15) is 52.9 Å². The molecule has 2 fully saturated rings. The summed E-state index contributed by atoms with van der Waals surface area (Å²) in [5, 5.41) is 0. The molecule has 0 amide bonds. The fraction of sp³-hybridized carbons (Fsp3) is 0.667. The van der Waals surface area contributed by atoms with E-state index in [0.717, 1.165) is 24.8 Å². The molecule has 0 N–H and O–H groups in total. The Labute approximate surface area is 143 Å². The Morgan fingerprint density at radius 1 is 1.21 bits per heavy atom. The van der Waals surface area contributed by atoms with Gasteiger partial charge in [0, 0.05) is 30.1 Å². The van der Waals surface area contributed by atoms with Gasteiger partial charge in [0.15, 0.2) is 5.78 Å². The molecule has 0 aromatic rings. The Hall–Kier alpha value is -1.51. The first kappa shape index (κ1) is 16.0. The van der Waals surface area contributed by atoms with Crippen molar-refractivity contribution in [2.75, 3.05) is 0 Å². The third-order valence-corrected chi connectivity index (χ3v) is 7.70. The fourth-order valence-corrected chi connectivity index (χ4v) is 6.50. The van der Waals surface area contributed by atoms with Crippen LogP contribution in [0, 0.1) is 34.5 Å². The van der Waals surface area contributed by atoms with Gasteiger partial charge in [0.25, 0.3) is 0 Å². The van der Waals surface area contributed by atoms with E-state index in [4.69, 9.17) is 0 Å². The minimum Gasteiger partial charge on any atom is -0.300 e. The molecule has 3 heteroatoms. The standard InChI is InChI=1S/C21H26O3/c1-12(22)16-6-7-17-15-5-4-13-10-14(23)8-9-20(13,2)19(15)18(24)11-21(16,17)3/h4-5,10,15-17,19H,6-9,11H2,1-3H3/t15-,16+,17-,19+,20-,21+/m0/s1. The van der Waals surface area contributed by atoms with E-state index in [1.807, 2.05) is 0 Å². The van der Waals surface area contributed by atoms with Crippen molar-refractivity contribution in [2.24, 2.45) is 34.5 Å². The molecule has 2 saturated carbocycles. The van der Waals surface area contributed by atoms with E-state index < -0.39 is 0 Å². The summed E-state index contributed by atoms with van der Waals surface area (Å²) < 4.78 is 0. The van der Waals surface area contributed by atoms with Gasteiger partial charge in [-0.25, -0.2) is 0 Å². The van der Waals surface area contributed by atoms with E-state index >= 15 is 0 Å². The molecule has 6 atom stereocenters. The summed E-state index contributed by atoms with van der Waals surface area (Å²) in [5.41, 5.74) is 0.648. The molecule has 0 unspecified atom stereocenters. The molecule has 0 spiro atoms. The number of hydrogen-bond donors (Lipinski definition) is 0. The van der Waals surface area contributed by atoms with E-state index in [2.05, 4.69) is 26.0 Å². The summed E-state index contributed by atoms with van der Waals surface area (Å²) >= 11 is 0. The second kappa shape index (κ2) is 5.00. The molecule has 0 aliphatic heterocycles. The topological polar surface area (TPSA) is 51.2 Å². The summed E-state index contributed by atoms with van der Waals surface area (Å²) in [7, 11) is 0. The van der Waals surface area contributed by atoms with Crippen molar-refractivity contribution in [3.8, 4) is 0 Å². The normalized spacial score (nSPS) is 46.9. The maximum atomic E-state index is 13.2. The van der Waals surface area contributed by atoms with Crippen LogP contribution < -0.4 is 0 Å². The van der Waals surface area contributed by atoms with Gasteiger partial charge in [-0.05, 0) is 55.1 Å². The predicted molar refractivity (Wildman–Crippen MR) is 91.2 cm³/mol. The number of carbonyl (C=O) groups is 3. The van der Waals surface area contributed by atoms with E-state index in [1.54, 1.807) is 13.0 Å². The molecule has 4 rings (SSSR count). The van der Waals surface area contributed by atoms with Crippen LogP contribution in [-0.2, 0) is 14.4 Å². The van der Waals surface area contributed by atoms with Gasteiger partial charge in [-0.3, -0.25) is 14.4 Å². The fourth-order valence-electron chi connectivity index (χ4n) is 6.50. The maximum Gasteiger partial charge on any atom is 0.156 e. The van der Waals surface area contributed by atoms with E-state index in [0.29, 0.717) is 24.5 Å². The molecule has 0 aromatic carbocycles. The van der Waals surface area contributed by atoms with Crippen molar-refractivity contribution < 1.29 is 14.4 Å². The number of fused-ring (bicyclic) bond motifs is 5. The average molecular weight is 326 g/mol. The minimum absolute atomic E-state index is 0.0226. The molecule has 0 saturated heterocycles. The summed E-state index contributed by atoms with van der Waals surface area (Å²) in [6, 6.07) is 0. The number of allylic oxidation sites excluding steroid dienone is 4. The van der Waals surface area contributed by atoms with Crippen LogP contribution in [0.15, 0.2) is 23.8 Å². The van der Waals surface area contributed by atoms with Gasteiger partial charge in [0.05, 0.1) is 0 Å². The molecular weight excluding hydrogens is 300 g/mol. The zero-order chi connectivity index (χ0) is 17.3. The highest BCUT2D eigenvalue weighted by atomic mass is 16.1. The van der Waals surface area contributed by atoms with Gasteiger partial charge in [-0.2, -0.15) is 0 Å². The Morgan fingerprint density at radius 2 is 1.96 bits per heavy atom. The van der Waals surface area contributed by atoms with Gasteiger partial charge in [0.2, 0.25) is 0 Å². The van der Waals surface area contributed by atoms with E-state index in [1.165, 1.54) is 0 Å². The van der Waals surface area contributed by atoms with Crippen LogP contribution in [0.2, 0.25) is 0 Å². The van der Waals surface area contributed by atoms with Gasteiger partial charge in [0.1, 0.15) is 11.6 Å². The van der Waals surface area contributed by atoms with Gasteiger partial charge >= 0.3 is 0 Å². The molecule has 0 bridgehead atoms. The lowest BCUT2D eigenvalue weighted by molar-refractivity contribution is -0.143. The number of ketones is 3. The van der Waals surface area contributed by atoms with Crippen molar-refractivity contribution in [3.05, 3.63) is 23.8 Å². The van der Waals surface area contributed by atoms with Crippen LogP contribution >= 0.6 is 0 Å². The number of carbonyl (C=O) groups excluding carboxylic acids is 3. The van der Waals surface area contributed by atoms with E-state index in [9.17, 15) is 14.4 Å². The lowest BCUT2D eigenvalue weighted by Gasteiger charge is -2.54. The van der Waals surface area contributed by atoms with Crippen molar-refractivity contribution in [2.45, 2.75) is 52.9 Å². The maximum absolute atomic E-state index is 13.2. The van der Waals surface area contributed by atoms with Crippen LogP contribution in [0.5, 0.6) is 0 Å². The Bertz CT molecular complexity index is 700. The molecule has 3 nitrogen and oxygen atoms in total. The molecule has 24 heavy (non-hydrogen) atoms. The summed E-state index contributed by atoms with van der Waals surface area (Å²) in [4.78, 5) is 37.2. The zero-order valence-electron chi connectivity index (χ0n) is 14.8. The molecule has 128 valence electrons. The number of hydrogen-bond acceptors (Lipinski definition) is 3.